The summed E-state index contributed by atoms with van der Waals surface area (Å²) in [7, 11) is 0. The molecule has 0 aromatic heterocycles. The molecule has 1 rings (SSSR count). The van der Waals surface area contributed by atoms with E-state index in [9.17, 15) is 24.9 Å². The van der Waals surface area contributed by atoms with Gasteiger partial charge in [0, 0.05) is 78.0 Å². The molecule has 0 aromatic carbocycles. The van der Waals surface area contributed by atoms with Crippen molar-refractivity contribution in [2.45, 2.75) is 19.9 Å². The molecule has 0 unspecified atom stereocenters. The van der Waals surface area contributed by atoms with Crippen molar-refractivity contribution < 1.29 is 64.8 Å². The SMILES string of the molecule is C=C([O-])CN1CCN(CC(=O)[O-])CCN(C(C)C)CCN(CC(=O)[O-])CC1.[Gd+3]. The number of carbonyl (C=O) groups is 2. The zero-order chi connectivity index (χ0) is 20.4. The van der Waals surface area contributed by atoms with Crippen LogP contribution in [0.5, 0.6) is 0 Å². The Morgan fingerprint density at radius 1 is 0.750 bits per heavy atom. The summed E-state index contributed by atoms with van der Waals surface area (Å²) in [5.41, 5.74) is 0. The average molecular weight is 541 g/mol. The summed E-state index contributed by atoms with van der Waals surface area (Å²) in [5.74, 6) is -2.48. The molecule has 0 atom stereocenters. The molecule has 28 heavy (non-hydrogen) atoms. The third kappa shape index (κ3) is 12.3. The summed E-state index contributed by atoms with van der Waals surface area (Å²) in [6.07, 6.45) is 0. The van der Waals surface area contributed by atoms with Crippen LogP contribution in [0, 0.1) is 39.9 Å². The van der Waals surface area contributed by atoms with Crippen LogP contribution < -0.4 is 15.3 Å². The zero-order valence-corrected chi connectivity index (χ0v) is 19.0. The van der Waals surface area contributed by atoms with Crippen molar-refractivity contribution in [3.05, 3.63) is 12.3 Å². The minimum Gasteiger partial charge on any atom is -0.875 e. The van der Waals surface area contributed by atoms with Crippen LogP contribution in [-0.2, 0) is 9.59 Å². The monoisotopic (exact) mass is 541 g/mol. The summed E-state index contributed by atoms with van der Waals surface area (Å²) in [5, 5.41) is 33.5. The van der Waals surface area contributed by atoms with Crippen LogP contribution in [-0.4, -0.2) is 110 Å². The molecule has 0 bridgehead atoms. The first-order valence-corrected chi connectivity index (χ1v) is 9.33. The molecule has 161 valence electrons. The maximum atomic E-state index is 11.4. The van der Waals surface area contributed by atoms with Crippen molar-refractivity contribution in [1.82, 2.24) is 19.6 Å². The van der Waals surface area contributed by atoms with Gasteiger partial charge in [0.25, 0.3) is 0 Å². The van der Waals surface area contributed by atoms with Crippen LogP contribution in [0.3, 0.4) is 0 Å². The Kier molecular flexibility index (Phi) is 14.4. The Morgan fingerprint density at radius 2 is 1.07 bits per heavy atom. The normalized spacial score (nSPS) is 19.4. The van der Waals surface area contributed by atoms with Gasteiger partial charge in [-0.2, -0.15) is 0 Å². The van der Waals surface area contributed by atoms with E-state index < -0.39 is 11.9 Å². The molecule has 10 heteroatoms. The molecule has 1 fully saturated rings. The van der Waals surface area contributed by atoms with Crippen LogP contribution >= 0.6 is 0 Å². The number of hydrogen-bond acceptors (Lipinski definition) is 9. The van der Waals surface area contributed by atoms with Gasteiger partial charge in [-0.25, -0.2) is 0 Å². The molecule has 0 aromatic rings. The number of rotatable bonds is 7. The van der Waals surface area contributed by atoms with Gasteiger partial charge in [-0.1, -0.05) is 0 Å². The Balaban J connectivity index is 0.00000729. The topological polar surface area (TPSA) is 116 Å². The number of nitrogens with zero attached hydrogens (tertiary/aromatic N) is 4. The van der Waals surface area contributed by atoms with Crippen LogP contribution in [0.4, 0.5) is 0 Å². The number of aliphatic carboxylic acids is 2. The molecule has 1 aliphatic rings. The van der Waals surface area contributed by atoms with Gasteiger partial charge in [-0.15, -0.1) is 12.3 Å². The number of carbonyl (C=O) groups excluding carboxylic acids is 2. The van der Waals surface area contributed by atoms with Gasteiger partial charge in [-0.05, 0) is 13.8 Å². The Labute approximate surface area is 199 Å². The van der Waals surface area contributed by atoms with Gasteiger partial charge >= 0.3 is 39.9 Å². The Hall–Kier alpha value is -0.355. The van der Waals surface area contributed by atoms with E-state index in [0.717, 1.165) is 0 Å². The van der Waals surface area contributed by atoms with E-state index in [2.05, 4.69) is 25.3 Å². The van der Waals surface area contributed by atoms with Gasteiger partial charge in [0.05, 0.1) is 11.9 Å². The molecular formula is C18H31GdN4O5. The first-order valence-electron chi connectivity index (χ1n) is 9.33. The molecule has 0 N–H and O–H groups in total. The first kappa shape index (κ1) is 27.6. The van der Waals surface area contributed by atoms with Crippen LogP contribution in [0.15, 0.2) is 12.3 Å². The maximum Gasteiger partial charge on any atom is 3.00 e. The summed E-state index contributed by atoms with van der Waals surface area (Å²) < 4.78 is 0. The molecule has 1 saturated heterocycles. The van der Waals surface area contributed by atoms with Crippen LogP contribution in [0.25, 0.3) is 0 Å². The average Bonchev–Trinajstić information content (AvgIpc) is 2.53. The minimum atomic E-state index is -1.13. The summed E-state index contributed by atoms with van der Waals surface area (Å²) in [6.45, 7) is 11.7. The quantitative estimate of drug-likeness (QED) is 0.298. The van der Waals surface area contributed by atoms with Crippen molar-refractivity contribution >= 4 is 11.9 Å². The molecule has 0 saturated carbocycles. The third-order valence-corrected chi connectivity index (χ3v) is 4.71. The zero-order valence-electron chi connectivity index (χ0n) is 16.7. The molecule has 1 radical (unpaired) electrons. The predicted molar refractivity (Wildman–Crippen MR) is 95.2 cm³/mol. The summed E-state index contributed by atoms with van der Waals surface area (Å²) >= 11 is 0. The number of hydrogen-bond donors (Lipinski definition) is 0. The van der Waals surface area contributed by atoms with E-state index >= 15 is 0 Å². The smallest absolute Gasteiger partial charge is 0.875 e. The fourth-order valence-corrected chi connectivity index (χ4v) is 3.16. The standard InChI is InChI=1S/C18H34N4O5.Gd/c1-15(2)22-10-8-20(13-17(24)25)6-4-19(12-16(3)23)5-7-21(9-11-22)14-18(26)27;/h15,23H,3-14H2,1-2H3,(H,24,25)(H,26,27);/q;+3/p-3. The second kappa shape index (κ2) is 14.6. The molecular weight excluding hydrogens is 509 g/mol. The van der Waals surface area contributed by atoms with Gasteiger partial charge in [0.1, 0.15) is 0 Å². The molecule has 0 spiro atoms. The molecule has 9 nitrogen and oxygen atoms in total. The van der Waals surface area contributed by atoms with Crippen LogP contribution in [0.2, 0.25) is 0 Å². The second-order valence-electron chi connectivity index (χ2n) is 7.24. The largest absolute Gasteiger partial charge is 3.00 e. The van der Waals surface area contributed by atoms with Crippen LogP contribution in [0.1, 0.15) is 13.8 Å². The van der Waals surface area contributed by atoms with E-state index in [1.165, 1.54) is 0 Å². The Bertz CT molecular complexity index is 474. The van der Waals surface area contributed by atoms with Crippen molar-refractivity contribution in [1.29, 1.82) is 0 Å². The van der Waals surface area contributed by atoms with E-state index in [1.807, 2.05) is 14.7 Å². The van der Waals surface area contributed by atoms with E-state index in [0.29, 0.717) is 52.4 Å². The summed E-state index contributed by atoms with van der Waals surface area (Å²) in [4.78, 5) is 29.8. The van der Waals surface area contributed by atoms with E-state index in [4.69, 9.17) is 0 Å². The minimum absolute atomic E-state index is 0. The van der Waals surface area contributed by atoms with Gasteiger partial charge in [-0.3, -0.25) is 19.6 Å². The third-order valence-electron chi connectivity index (χ3n) is 4.71. The van der Waals surface area contributed by atoms with E-state index in [1.54, 1.807) is 0 Å². The first-order chi connectivity index (χ1) is 12.7. The van der Waals surface area contributed by atoms with Gasteiger partial charge in [0.15, 0.2) is 0 Å². The molecule has 1 aliphatic heterocycles. The van der Waals surface area contributed by atoms with Gasteiger partial charge in [0.2, 0.25) is 0 Å². The van der Waals surface area contributed by atoms with Gasteiger partial charge < -0.3 is 24.9 Å². The van der Waals surface area contributed by atoms with Crippen molar-refractivity contribution in [3.8, 4) is 0 Å². The molecule has 1 heterocycles. The number of carboxylic acids is 2. The van der Waals surface area contributed by atoms with Crippen molar-refractivity contribution in [2.75, 3.05) is 72.0 Å². The Morgan fingerprint density at radius 3 is 1.36 bits per heavy atom. The molecule has 0 aliphatic carbocycles. The second-order valence-corrected chi connectivity index (χ2v) is 7.24. The predicted octanol–water partition coefficient (Wildman–Crippen LogP) is -4.01. The fraction of sp³-hybridized carbons (Fsp3) is 0.778. The summed E-state index contributed by atoms with van der Waals surface area (Å²) in [6, 6.07) is 0.253. The molecule has 0 amide bonds. The van der Waals surface area contributed by atoms with Crippen molar-refractivity contribution in [2.24, 2.45) is 0 Å². The van der Waals surface area contributed by atoms with Crippen molar-refractivity contribution in [3.63, 3.8) is 0 Å². The maximum absolute atomic E-state index is 11.4. The number of carboxylic acid groups (broad SMARTS) is 2. The fourth-order valence-electron chi connectivity index (χ4n) is 3.16. The van der Waals surface area contributed by atoms with E-state index in [-0.39, 0.29) is 71.4 Å².